The summed E-state index contributed by atoms with van der Waals surface area (Å²) in [6, 6.07) is 2.20. The Labute approximate surface area is 108 Å². The minimum Gasteiger partial charge on any atom is -0.480 e. The third-order valence-electron chi connectivity index (χ3n) is 2.74. The average molecular weight is 270 g/mol. The molecule has 0 saturated carbocycles. The standard InChI is InChI=1S/C11H14N2O6/c1-4-12(11(2,3)10(15)16)9(14)7-5-6-8(19-7)13(17)18/h5-6H,4H2,1-3H3,(H,15,16). The van der Waals surface area contributed by atoms with Gasteiger partial charge < -0.3 is 14.4 Å². The van der Waals surface area contributed by atoms with E-state index >= 15 is 0 Å². The molecule has 0 unspecified atom stereocenters. The van der Waals surface area contributed by atoms with E-state index in [1.807, 2.05) is 0 Å². The summed E-state index contributed by atoms with van der Waals surface area (Å²) in [5.74, 6) is -2.71. The molecular weight excluding hydrogens is 256 g/mol. The number of rotatable bonds is 5. The molecule has 1 heterocycles. The Hall–Kier alpha value is -2.38. The van der Waals surface area contributed by atoms with Crippen LogP contribution in [0.25, 0.3) is 0 Å². The van der Waals surface area contributed by atoms with Gasteiger partial charge in [-0.3, -0.25) is 14.9 Å². The Bertz CT molecular complexity index is 519. The van der Waals surface area contributed by atoms with Gasteiger partial charge in [0.05, 0.1) is 6.07 Å². The molecule has 0 aliphatic carbocycles. The van der Waals surface area contributed by atoms with Crippen LogP contribution in [0.4, 0.5) is 5.88 Å². The maximum atomic E-state index is 12.1. The molecule has 1 aromatic heterocycles. The molecule has 0 aromatic carbocycles. The minimum absolute atomic E-state index is 0.132. The van der Waals surface area contributed by atoms with Gasteiger partial charge in [0.2, 0.25) is 0 Å². The molecule has 19 heavy (non-hydrogen) atoms. The first kappa shape index (κ1) is 14.7. The van der Waals surface area contributed by atoms with Gasteiger partial charge in [-0.05, 0) is 26.8 Å². The molecular formula is C11H14N2O6. The Morgan fingerprint density at radius 2 is 2.05 bits per heavy atom. The summed E-state index contributed by atoms with van der Waals surface area (Å²) in [4.78, 5) is 34.0. The zero-order valence-corrected chi connectivity index (χ0v) is 10.7. The smallest absolute Gasteiger partial charge is 0.433 e. The molecule has 0 bridgehead atoms. The van der Waals surface area contributed by atoms with Crippen molar-refractivity contribution in [2.45, 2.75) is 26.3 Å². The molecule has 0 saturated heterocycles. The van der Waals surface area contributed by atoms with Crippen molar-refractivity contribution in [3.05, 3.63) is 28.0 Å². The molecule has 0 radical (unpaired) electrons. The van der Waals surface area contributed by atoms with Crippen molar-refractivity contribution in [3.8, 4) is 0 Å². The highest BCUT2D eigenvalue weighted by Crippen LogP contribution is 2.22. The molecule has 8 heteroatoms. The summed E-state index contributed by atoms with van der Waals surface area (Å²) in [5, 5.41) is 19.6. The van der Waals surface area contributed by atoms with Crippen LogP contribution in [0.3, 0.4) is 0 Å². The quantitative estimate of drug-likeness (QED) is 0.640. The number of hydrogen-bond donors (Lipinski definition) is 1. The van der Waals surface area contributed by atoms with Crippen LogP contribution in [0.2, 0.25) is 0 Å². The van der Waals surface area contributed by atoms with E-state index in [0.717, 1.165) is 17.0 Å². The van der Waals surface area contributed by atoms with E-state index in [9.17, 15) is 19.7 Å². The van der Waals surface area contributed by atoms with E-state index < -0.39 is 28.2 Å². The first-order valence-electron chi connectivity index (χ1n) is 5.51. The van der Waals surface area contributed by atoms with Crippen LogP contribution in [-0.2, 0) is 4.79 Å². The fraction of sp³-hybridized carbons (Fsp3) is 0.455. The number of hydrogen-bond acceptors (Lipinski definition) is 5. The van der Waals surface area contributed by atoms with E-state index in [4.69, 9.17) is 9.52 Å². The summed E-state index contributed by atoms with van der Waals surface area (Å²) >= 11 is 0. The Morgan fingerprint density at radius 1 is 1.47 bits per heavy atom. The van der Waals surface area contributed by atoms with Gasteiger partial charge in [-0.2, -0.15) is 0 Å². The van der Waals surface area contributed by atoms with Gasteiger partial charge in [-0.1, -0.05) is 0 Å². The molecule has 1 amide bonds. The van der Waals surface area contributed by atoms with E-state index in [-0.39, 0.29) is 12.3 Å². The predicted octanol–water partition coefficient (Wildman–Crippen LogP) is 1.51. The van der Waals surface area contributed by atoms with Crippen LogP contribution < -0.4 is 0 Å². The number of aliphatic carboxylic acids is 1. The Kier molecular flexibility index (Phi) is 3.93. The van der Waals surface area contributed by atoms with E-state index in [1.165, 1.54) is 13.8 Å². The van der Waals surface area contributed by atoms with Crippen molar-refractivity contribution < 1.29 is 24.0 Å². The predicted molar refractivity (Wildman–Crippen MR) is 63.8 cm³/mol. The van der Waals surface area contributed by atoms with Gasteiger partial charge in [0, 0.05) is 6.54 Å². The van der Waals surface area contributed by atoms with Crippen molar-refractivity contribution in [1.29, 1.82) is 0 Å². The maximum Gasteiger partial charge on any atom is 0.433 e. The normalized spacial score (nSPS) is 11.1. The monoisotopic (exact) mass is 270 g/mol. The highest BCUT2D eigenvalue weighted by atomic mass is 16.6. The zero-order chi connectivity index (χ0) is 14.8. The van der Waals surface area contributed by atoms with Crippen LogP contribution in [0, 0.1) is 10.1 Å². The molecule has 104 valence electrons. The Balaban J connectivity index is 3.08. The minimum atomic E-state index is -1.44. The number of likely N-dealkylation sites (N-methyl/N-ethyl adjacent to an activating group) is 1. The summed E-state index contributed by atoms with van der Waals surface area (Å²) in [7, 11) is 0. The number of nitrogens with zero attached hydrogens (tertiary/aromatic N) is 2. The molecule has 1 N–H and O–H groups in total. The molecule has 0 atom stereocenters. The number of amides is 1. The third-order valence-corrected chi connectivity index (χ3v) is 2.74. The molecule has 0 aliphatic rings. The number of carbonyl (C=O) groups is 2. The lowest BCUT2D eigenvalue weighted by atomic mass is 10.0. The molecule has 1 rings (SSSR count). The lowest BCUT2D eigenvalue weighted by Crippen LogP contribution is -2.52. The zero-order valence-electron chi connectivity index (χ0n) is 10.7. The van der Waals surface area contributed by atoms with Gasteiger partial charge in [-0.25, -0.2) is 4.79 Å². The SMILES string of the molecule is CCN(C(=O)c1ccc([N+](=O)[O-])o1)C(C)(C)C(=O)O. The van der Waals surface area contributed by atoms with Crippen molar-refractivity contribution in [2.75, 3.05) is 6.54 Å². The second-order valence-electron chi connectivity index (χ2n) is 4.31. The number of furan rings is 1. The summed E-state index contributed by atoms with van der Waals surface area (Å²) in [6.45, 7) is 4.48. The highest BCUT2D eigenvalue weighted by Gasteiger charge is 2.38. The van der Waals surface area contributed by atoms with Crippen LogP contribution in [-0.4, -0.2) is 38.9 Å². The Morgan fingerprint density at radius 3 is 2.42 bits per heavy atom. The van der Waals surface area contributed by atoms with Crippen molar-refractivity contribution in [1.82, 2.24) is 4.90 Å². The summed E-state index contributed by atoms with van der Waals surface area (Å²) in [5.41, 5.74) is -1.44. The fourth-order valence-electron chi connectivity index (χ4n) is 1.58. The first-order chi connectivity index (χ1) is 8.71. The lowest BCUT2D eigenvalue weighted by molar-refractivity contribution is -0.402. The van der Waals surface area contributed by atoms with Crippen LogP contribution >= 0.6 is 0 Å². The van der Waals surface area contributed by atoms with Crippen LogP contribution in [0.15, 0.2) is 16.5 Å². The lowest BCUT2D eigenvalue weighted by Gasteiger charge is -2.33. The number of carbonyl (C=O) groups excluding carboxylic acids is 1. The number of carboxylic acids is 1. The second kappa shape index (κ2) is 5.09. The van der Waals surface area contributed by atoms with E-state index in [0.29, 0.717) is 0 Å². The van der Waals surface area contributed by atoms with E-state index in [1.54, 1.807) is 6.92 Å². The van der Waals surface area contributed by atoms with Gasteiger partial charge in [-0.15, -0.1) is 0 Å². The molecule has 0 spiro atoms. The van der Waals surface area contributed by atoms with Crippen LogP contribution in [0.1, 0.15) is 31.3 Å². The average Bonchev–Trinajstić information content (AvgIpc) is 2.78. The third kappa shape index (κ3) is 2.72. The largest absolute Gasteiger partial charge is 0.480 e. The maximum absolute atomic E-state index is 12.1. The number of nitro groups is 1. The molecule has 0 fully saturated rings. The van der Waals surface area contributed by atoms with Crippen molar-refractivity contribution >= 4 is 17.8 Å². The topological polar surface area (TPSA) is 114 Å². The van der Waals surface area contributed by atoms with Gasteiger partial charge >= 0.3 is 11.9 Å². The second-order valence-corrected chi connectivity index (χ2v) is 4.31. The van der Waals surface area contributed by atoms with Crippen LogP contribution in [0.5, 0.6) is 0 Å². The number of carboxylic acid groups (broad SMARTS) is 1. The van der Waals surface area contributed by atoms with Gasteiger partial charge in [0.1, 0.15) is 10.5 Å². The summed E-state index contributed by atoms with van der Waals surface area (Å²) in [6.07, 6.45) is 0. The summed E-state index contributed by atoms with van der Waals surface area (Å²) < 4.78 is 4.78. The van der Waals surface area contributed by atoms with Crippen molar-refractivity contribution in [3.63, 3.8) is 0 Å². The first-order valence-corrected chi connectivity index (χ1v) is 5.51. The van der Waals surface area contributed by atoms with Gasteiger partial charge in [0.25, 0.3) is 5.91 Å². The van der Waals surface area contributed by atoms with Gasteiger partial charge in [0.15, 0.2) is 5.76 Å². The molecule has 0 aliphatic heterocycles. The van der Waals surface area contributed by atoms with Crippen molar-refractivity contribution in [2.24, 2.45) is 0 Å². The molecule has 8 nitrogen and oxygen atoms in total. The molecule has 1 aromatic rings. The highest BCUT2D eigenvalue weighted by molar-refractivity contribution is 5.95. The fourth-order valence-corrected chi connectivity index (χ4v) is 1.58. The van der Waals surface area contributed by atoms with E-state index in [2.05, 4.69) is 0 Å².